The summed E-state index contributed by atoms with van der Waals surface area (Å²) < 4.78 is 5.16. The van der Waals surface area contributed by atoms with Gasteiger partial charge in [0.1, 0.15) is 12.6 Å². The maximum atomic E-state index is 12.8. The highest BCUT2D eigenvalue weighted by Crippen LogP contribution is 2.30. The van der Waals surface area contributed by atoms with Gasteiger partial charge in [-0.1, -0.05) is 70.9 Å². The van der Waals surface area contributed by atoms with Gasteiger partial charge >= 0.3 is 6.09 Å². The van der Waals surface area contributed by atoms with Crippen molar-refractivity contribution in [2.24, 2.45) is 17.8 Å². The van der Waals surface area contributed by atoms with Crippen molar-refractivity contribution in [1.29, 1.82) is 0 Å². The zero-order valence-corrected chi connectivity index (χ0v) is 16.6. The smallest absolute Gasteiger partial charge is 0.417 e. The van der Waals surface area contributed by atoms with Crippen LogP contribution in [0, 0.1) is 17.8 Å². The third-order valence-electron chi connectivity index (χ3n) is 5.24. The van der Waals surface area contributed by atoms with Crippen LogP contribution < -0.4 is 0 Å². The molecule has 0 unspecified atom stereocenters. The Labute approximate surface area is 157 Å². The second kappa shape index (κ2) is 9.75. The SMILES string of the molecule is CCC[C@H](C)C[C@H](C)C[C@H](C)CC(=O)N1C(=O)OC[C@H]1c1ccccc1. The Morgan fingerprint density at radius 3 is 2.42 bits per heavy atom. The number of hydrogen-bond donors (Lipinski definition) is 0. The van der Waals surface area contributed by atoms with Crippen LogP contribution in [0.3, 0.4) is 0 Å². The minimum absolute atomic E-state index is 0.123. The molecule has 2 amide bonds. The summed E-state index contributed by atoms with van der Waals surface area (Å²) >= 11 is 0. The summed E-state index contributed by atoms with van der Waals surface area (Å²) in [4.78, 5) is 26.2. The van der Waals surface area contributed by atoms with Gasteiger partial charge in [0.25, 0.3) is 0 Å². The fraction of sp³-hybridized carbons (Fsp3) is 0.636. The van der Waals surface area contributed by atoms with Crippen molar-refractivity contribution in [1.82, 2.24) is 4.90 Å². The van der Waals surface area contributed by atoms with Crippen LogP contribution in [0.25, 0.3) is 0 Å². The Hall–Kier alpha value is -1.84. The van der Waals surface area contributed by atoms with E-state index < -0.39 is 6.09 Å². The minimum Gasteiger partial charge on any atom is -0.446 e. The highest BCUT2D eigenvalue weighted by Gasteiger charge is 2.39. The number of hydrogen-bond acceptors (Lipinski definition) is 3. The van der Waals surface area contributed by atoms with Gasteiger partial charge in [0, 0.05) is 6.42 Å². The Morgan fingerprint density at radius 2 is 1.77 bits per heavy atom. The van der Waals surface area contributed by atoms with E-state index >= 15 is 0 Å². The lowest BCUT2D eigenvalue weighted by atomic mass is 9.86. The molecule has 26 heavy (non-hydrogen) atoms. The van der Waals surface area contributed by atoms with Crippen molar-refractivity contribution in [2.45, 2.75) is 65.8 Å². The molecule has 144 valence electrons. The van der Waals surface area contributed by atoms with Gasteiger partial charge in [-0.05, 0) is 36.2 Å². The molecule has 4 heteroatoms. The van der Waals surface area contributed by atoms with Crippen LogP contribution in [-0.4, -0.2) is 23.5 Å². The first-order valence-electron chi connectivity index (χ1n) is 9.96. The number of carbonyl (C=O) groups excluding carboxylic acids is 2. The average Bonchev–Trinajstić information content (AvgIpc) is 2.97. The third kappa shape index (κ3) is 5.58. The summed E-state index contributed by atoms with van der Waals surface area (Å²) in [5, 5.41) is 0. The zero-order chi connectivity index (χ0) is 19.1. The molecule has 1 saturated heterocycles. The molecule has 1 aliphatic heterocycles. The summed E-state index contributed by atoms with van der Waals surface area (Å²) in [5.74, 6) is 1.46. The molecular weight excluding hydrogens is 326 g/mol. The molecule has 1 aromatic carbocycles. The predicted octanol–water partition coefficient (Wildman–Crippen LogP) is 5.59. The number of carbonyl (C=O) groups is 2. The number of cyclic esters (lactones) is 1. The first kappa shape index (κ1) is 20.5. The molecule has 4 atom stereocenters. The number of ether oxygens (including phenoxy) is 1. The highest BCUT2D eigenvalue weighted by molar-refractivity contribution is 5.93. The quantitative estimate of drug-likeness (QED) is 0.578. The fourth-order valence-electron chi connectivity index (χ4n) is 4.18. The van der Waals surface area contributed by atoms with Crippen LogP contribution in [0.1, 0.15) is 71.4 Å². The van der Waals surface area contributed by atoms with Crippen molar-refractivity contribution in [3.63, 3.8) is 0 Å². The monoisotopic (exact) mass is 359 g/mol. The van der Waals surface area contributed by atoms with E-state index in [0.29, 0.717) is 12.3 Å². The van der Waals surface area contributed by atoms with Gasteiger partial charge in [0.2, 0.25) is 5.91 Å². The number of nitrogens with zero attached hydrogens (tertiary/aromatic N) is 1. The molecule has 0 spiro atoms. The first-order chi connectivity index (χ1) is 12.4. The van der Waals surface area contributed by atoms with Crippen LogP contribution in [0.2, 0.25) is 0 Å². The molecule has 0 saturated carbocycles. The van der Waals surface area contributed by atoms with E-state index in [9.17, 15) is 9.59 Å². The Morgan fingerprint density at radius 1 is 1.12 bits per heavy atom. The second-order valence-corrected chi connectivity index (χ2v) is 8.05. The minimum atomic E-state index is -0.513. The number of rotatable bonds is 9. The van der Waals surface area contributed by atoms with Gasteiger partial charge in [-0.3, -0.25) is 4.79 Å². The predicted molar refractivity (Wildman–Crippen MR) is 104 cm³/mol. The normalized spacial score (nSPS) is 20.5. The van der Waals surface area contributed by atoms with Crippen molar-refractivity contribution in [2.75, 3.05) is 6.61 Å². The van der Waals surface area contributed by atoms with Crippen LogP contribution >= 0.6 is 0 Å². The van der Waals surface area contributed by atoms with E-state index in [-0.39, 0.29) is 24.5 Å². The van der Waals surface area contributed by atoms with Crippen LogP contribution in [0.4, 0.5) is 4.79 Å². The molecule has 0 aliphatic carbocycles. The molecule has 4 nitrogen and oxygen atoms in total. The third-order valence-corrected chi connectivity index (χ3v) is 5.24. The van der Waals surface area contributed by atoms with Gasteiger partial charge in [0.05, 0.1) is 0 Å². The summed E-state index contributed by atoms with van der Waals surface area (Å²) in [5.41, 5.74) is 0.945. The molecule has 0 bridgehead atoms. The van der Waals surface area contributed by atoms with Crippen LogP contribution in [-0.2, 0) is 9.53 Å². The summed E-state index contributed by atoms with van der Waals surface area (Å²) in [6, 6.07) is 9.34. The van der Waals surface area contributed by atoms with Crippen molar-refractivity contribution < 1.29 is 14.3 Å². The average molecular weight is 360 g/mol. The largest absolute Gasteiger partial charge is 0.446 e. The maximum Gasteiger partial charge on any atom is 0.417 e. The van der Waals surface area contributed by atoms with E-state index in [4.69, 9.17) is 4.74 Å². The summed E-state index contributed by atoms with van der Waals surface area (Å²) in [6.07, 6.45) is 4.57. The molecule has 1 heterocycles. The van der Waals surface area contributed by atoms with Crippen LogP contribution in [0.15, 0.2) is 30.3 Å². The van der Waals surface area contributed by atoms with Crippen LogP contribution in [0.5, 0.6) is 0 Å². The van der Waals surface area contributed by atoms with Gasteiger partial charge in [-0.15, -0.1) is 0 Å². The Bertz CT molecular complexity index is 586. The molecule has 1 aromatic rings. The standard InChI is InChI=1S/C22H33NO3/c1-5-9-16(2)12-17(3)13-18(4)14-21(24)23-20(15-26-22(23)25)19-10-7-6-8-11-19/h6-8,10-11,16-18,20H,5,9,12-15H2,1-4H3/t16-,17-,18-,20-/m0/s1. The molecule has 0 N–H and O–H groups in total. The van der Waals surface area contributed by atoms with Gasteiger partial charge in [-0.25, -0.2) is 9.69 Å². The lowest BCUT2D eigenvalue weighted by Gasteiger charge is -2.23. The number of amides is 2. The number of benzene rings is 1. The van der Waals surface area contributed by atoms with Gasteiger partial charge < -0.3 is 4.74 Å². The van der Waals surface area contributed by atoms with E-state index in [1.54, 1.807) is 0 Å². The second-order valence-electron chi connectivity index (χ2n) is 8.05. The van der Waals surface area contributed by atoms with E-state index in [1.165, 1.54) is 24.2 Å². The molecule has 1 aliphatic rings. The highest BCUT2D eigenvalue weighted by atomic mass is 16.6. The lowest BCUT2D eigenvalue weighted by molar-refractivity contribution is -0.130. The zero-order valence-electron chi connectivity index (χ0n) is 16.6. The fourth-order valence-corrected chi connectivity index (χ4v) is 4.18. The first-order valence-corrected chi connectivity index (χ1v) is 9.96. The number of imide groups is 1. The van der Waals surface area contributed by atoms with Crippen molar-refractivity contribution in [3.8, 4) is 0 Å². The lowest BCUT2D eigenvalue weighted by Crippen LogP contribution is -2.35. The Kier molecular flexibility index (Phi) is 7.67. The van der Waals surface area contributed by atoms with E-state index in [1.807, 2.05) is 30.3 Å². The van der Waals surface area contributed by atoms with E-state index in [2.05, 4.69) is 27.7 Å². The molecular formula is C22H33NO3. The topological polar surface area (TPSA) is 46.6 Å². The molecule has 0 aromatic heterocycles. The Balaban J connectivity index is 1.91. The molecule has 1 fully saturated rings. The van der Waals surface area contributed by atoms with E-state index in [0.717, 1.165) is 17.9 Å². The van der Waals surface area contributed by atoms with Gasteiger partial charge in [-0.2, -0.15) is 0 Å². The van der Waals surface area contributed by atoms with Crippen molar-refractivity contribution >= 4 is 12.0 Å². The summed E-state index contributed by atoms with van der Waals surface area (Å²) in [7, 11) is 0. The maximum absolute atomic E-state index is 12.8. The van der Waals surface area contributed by atoms with Gasteiger partial charge in [0.15, 0.2) is 0 Å². The molecule has 2 rings (SSSR count). The molecule has 0 radical (unpaired) electrons. The summed E-state index contributed by atoms with van der Waals surface area (Å²) in [6.45, 7) is 9.15. The van der Waals surface area contributed by atoms with Crippen molar-refractivity contribution in [3.05, 3.63) is 35.9 Å².